The quantitative estimate of drug-likeness (QED) is 0.816. The van der Waals surface area contributed by atoms with Crippen LogP contribution in [0.3, 0.4) is 0 Å². The molecule has 130 valence electrons. The van der Waals surface area contributed by atoms with Crippen molar-refractivity contribution in [2.45, 2.75) is 32.3 Å². The second kappa shape index (κ2) is 7.47. The SMILES string of the molecule is O=C(O)CC(=O)C1CCc2cc(OCc3cccc(F)c3)ccc2C1. The summed E-state index contributed by atoms with van der Waals surface area (Å²) in [5.41, 5.74) is 2.95. The molecule has 0 aliphatic heterocycles. The van der Waals surface area contributed by atoms with Crippen LogP contribution in [0.15, 0.2) is 42.5 Å². The largest absolute Gasteiger partial charge is 0.489 e. The second-order valence-corrected chi connectivity index (χ2v) is 6.33. The molecule has 2 aromatic carbocycles. The minimum absolute atomic E-state index is 0.204. The fourth-order valence-corrected chi connectivity index (χ4v) is 3.18. The van der Waals surface area contributed by atoms with E-state index >= 15 is 0 Å². The first-order valence-electron chi connectivity index (χ1n) is 8.25. The van der Waals surface area contributed by atoms with Crippen LogP contribution in [0.4, 0.5) is 4.39 Å². The summed E-state index contributed by atoms with van der Waals surface area (Å²) in [4.78, 5) is 22.6. The Bertz CT molecular complexity index is 800. The molecule has 1 aliphatic carbocycles. The lowest BCUT2D eigenvalue weighted by Crippen LogP contribution is -2.24. The van der Waals surface area contributed by atoms with Crippen LogP contribution >= 0.6 is 0 Å². The molecule has 0 fully saturated rings. The molecule has 0 heterocycles. The van der Waals surface area contributed by atoms with Gasteiger partial charge in [-0.1, -0.05) is 18.2 Å². The summed E-state index contributed by atoms with van der Waals surface area (Å²) >= 11 is 0. The molecule has 1 atom stereocenters. The highest BCUT2D eigenvalue weighted by molar-refractivity contribution is 5.96. The van der Waals surface area contributed by atoms with Gasteiger partial charge in [0.05, 0.1) is 0 Å². The Morgan fingerprint density at radius 3 is 2.76 bits per heavy atom. The summed E-state index contributed by atoms with van der Waals surface area (Å²) in [6.07, 6.45) is 1.55. The van der Waals surface area contributed by atoms with Crippen molar-refractivity contribution in [3.8, 4) is 5.75 Å². The summed E-state index contributed by atoms with van der Waals surface area (Å²) in [6, 6.07) is 12.0. The third-order valence-corrected chi connectivity index (χ3v) is 4.48. The van der Waals surface area contributed by atoms with Crippen LogP contribution in [-0.4, -0.2) is 16.9 Å². The molecule has 4 nitrogen and oxygen atoms in total. The number of aryl methyl sites for hydroxylation is 1. The van der Waals surface area contributed by atoms with Crippen molar-refractivity contribution in [3.05, 3.63) is 65.0 Å². The van der Waals surface area contributed by atoms with Gasteiger partial charge in [0.25, 0.3) is 0 Å². The normalized spacial score (nSPS) is 16.1. The lowest BCUT2D eigenvalue weighted by molar-refractivity contribution is -0.141. The minimum Gasteiger partial charge on any atom is -0.489 e. The first kappa shape index (κ1) is 17.1. The van der Waals surface area contributed by atoms with Gasteiger partial charge in [0.15, 0.2) is 0 Å². The lowest BCUT2D eigenvalue weighted by Gasteiger charge is -2.23. The third kappa shape index (κ3) is 4.44. The number of aliphatic carboxylic acids is 1. The minimum atomic E-state index is -1.07. The second-order valence-electron chi connectivity index (χ2n) is 6.33. The van der Waals surface area contributed by atoms with Gasteiger partial charge in [-0.15, -0.1) is 0 Å². The number of carboxylic acid groups (broad SMARTS) is 1. The predicted molar refractivity (Wildman–Crippen MR) is 89.9 cm³/mol. The number of rotatable bonds is 6. The average Bonchev–Trinajstić information content (AvgIpc) is 2.59. The number of Topliss-reactive ketones (excluding diaryl/α,β-unsaturated/α-hetero) is 1. The molecule has 0 bridgehead atoms. The van der Waals surface area contributed by atoms with E-state index in [-0.39, 0.29) is 24.1 Å². The molecule has 1 N–H and O–H groups in total. The monoisotopic (exact) mass is 342 g/mol. The highest BCUT2D eigenvalue weighted by atomic mass is 19.1. The predicted octanol–water partition coefficient (Wildman–Crippen LogP) is 3.55. The van der Waals surface area contributed by atoms with Crippen LogP contribution in [0.25, 0.3) is 0 Å². The molecule has 3 rings (SSSR count). The first-order valence-corrected chi connectivity index (χ1v) is 8.25. The average molecular weight is 342 g/mol. The van der Waals surface area contributed by atoms with Gasteiger partial charge in [0, 0.05) is 5.92 Å². The molecule has 0 saturated carbocycles. The zero-order valence-electron chi connectivity index (χ0n) is 13.7. The van der Waals surface area contributed by atoms with E-state index in [1.54, 1.807) is 12.1 Å². The molecule has 25 heavy (non-hydrogen) atoms. The van der Waals surface area contributed by atoms with Gasteiger partial charge in [0.2, 0.25) is 0 Å². The van der Waals surface area contributed by atoms with E-state index in [2.05, 4.69) is 0 Å². The molecule has 0 aromatic heterocycles. The van der Waals surface area contributed by atoms with Gasteiger partial charge in [-0.05, 0) is 60.2 Å². The Morgan fingerprint density at radius 1 is 1.16 bits per heavy atom. The van der Waals surface area contributed by atoms with E-state index in [1.807, 2.05) is 18.2 Å². The van der Waals surface area contributed by atoms with Crippen LogP contribution in [0, 0.1) is 11.7 Å². The van der Waals surface area contributed by atoms with Crippen molar-refractivity contribution in [3.63, 3.8) is 0 Å². The number of carbonyl (C=O) groups is 2. The summed E-state index contributed by atoms with van der Waals surface area (Å²) in [5.74, 6) is -1.08. The van der Waals surface area contributed by atoms with E-state index < -0.39 is 12.4 Å². The molecule has 0 spiro atoms. The number of fused-ring (bicyclic) bond motifs is 1. The molecular formula is C20H19FO4. The van der Waals surface area contributed by atoms with Crippen LogP contribution in [0.5, 0.6) is 5.75 Å². The van der Waals surface area contributed by atoms with Crippen LogP contribution in [0.2, 0.25) is 0 Å². The van der Waals surface area contributed by atoms with Gasteiger partial charge in [0.1, 0.15) is 30.4 Å². The highest BCUT2D eigenvalue weighted by Crippen LogP contribution is 2.30. The molecule has 1 unspecified atom stereocenters. The van der Waals surface area contributed by atoms with Crippen molar-refractivity contribution in [1.82, 2.24) is 0 Å². The van der Waals surface area contributed by atoms with Gasteiger partial charge >= 0.3 is 5.97 Å². The maximum atomic E-state index is 13.2. The van der Waals surface area contributed by atoms with E-state index in [9.17, 15) is 14.0 Å². The van der Waals surface area contributed by atoms with Crippen LogP contribution < -0.4 is 4.74 Å². The number of hydrogen-bond acceptors (Lipinski definition) is 3. The first-order chi connectivity index (χ1) is 12.0. The topological polar surface area (TPSA) is 63.6 Å². The van der Waals surface area contributed by atoms with Crippen molar-refractivity contribution < 1.29 is 23.8 Å². The molecule has 0 amide bonds. The van der Waals surface area contributed by atoms with E-state index in [0.29, 0.717) is 18.6 Å². The van der Waals surface area contributed by atoms with E-state index in [0.717, 1.165) is 23.1 Å². The number of halogens is 1. The molecule has 0 saturated heterocycles. The van der Waals surface area contributed by atoms with Crippen molar-refractivity contribution >= 4 is 11.8 Å². The summed E-state index contributed by atoms with van der Waals surface area (Å²) in [5, 5.41) is 8.76. The van der Waals surface area contributed by atoms with Gasteiger partial charge in [-0.3, -0.25) is 9.59 Å². The number of hydrogen-bond donors (Lipinski definition) is 1. The standard InChI is InChI=1S/C20H19FO4/c21-17-3-1-2-13(8-17)12-25-18-7-6-14-9-16(5-4-15(14)10-18)19(22)11-20(23)24/h1-3,6-8,10,16H,4-5,9,11-12H2,(H,23,24). The Hall–Kier alpha value is -2.69. The molecule has 1 aliphatic rings. The fourth-order valence-electron chi connectivity index (χ4n) is 3.18. The van der Waals surface area contributed by atoms with Crippen molar-refractivity contribution in [1.29, 1.82) is 0 Å². The zero-order valence-corrected chi connectivity index (χ0v) is 13.7. The zero-order chi connectivity index (χ0) is 17.8. The third-order valence-electron chi connectivity index (χ3n) is 4.48. The molecule has 5 heteroatoms. The molecule has 0 radical (unpaired) electrons. The Balaban J connectivity index is 1.63. The van der Waals surface area contributed by atoms with Crippen molar-refractivity contribution in [2.24, 2.45) is 5.92 Å². The number of ketones is 1. The Kier molecular flexibility index (Phi) is 5.12. The highest BCUT2D eigenvalue weighted by Gasteiger charge is 2.26. The summed E-state index contributed by atoms with van der Waals surface area (Å²) in [7, 11) is 0. The maximum absolute atomic E-state index is 13.2. The lowest BCUT2D eigenvalue weighted by atomic mass is 9.81. The van der Waals surface area contributed by atoms with Crippen LogP contribution in [-0.2, 0) is 29.0 Å². The van der Waals surface area contributed by atoms with Gasteiger partial charge in [-0.25, -0.2) is 4.39 Å². The van der Waals surface area contributed by atoms with E-state index in [4.69, 9.17) is 9.84 Å². The smallest absolute Gasteiger partial charge is 0.310 e. The van der Waals surface area contributed by atoms with E-state index in [1.165, 1.54) is 12.1 Å². The molecular weight excluding hydrogens is 323 g/mol. The fraction of sp³-hybridized carbons (Fsp3) is 0.300. The van der Waals surface area contributed by atoms with Gasteiger partial charge in [-0.2, -0.15) is 0 Å². The Morgan fingerprint density at radius 2 is 2.00 bits per heavy atom. The van der Waals surface area contributed by atoms with Crippen molar-refractivity contribution in [2.75, 3.05) is 0 Å². The maximum Gasteiger partial charge on any atom is 0.310 e. The number of benzene rings is 2. The number of ether oxygens (including phenoxy) is 1. The van der Waals surface area contributed by atoms with Gasteiger partial charge < -0.3 is 9.84 Å². The summed E-state index contributed by atoms with van der Waals surface area (Å²) in [6.45, 7) is 0.288. The Labute approximate surface area is 145 Å². The van der Waals surface area contributed by atoms with Crippen LogP contribution in [0.1, 0.15) is 29.5 Å². The summed E-state index contributed by atoms with van der Waals surface area (Å²) < 4.78 is 18.9. The number of carbonyl (C=O) groups excluding carboxylic acids is 1. The molecule has 2 aromatic rings. The number of carboxylic acids is 1.